The molecule has 22 heavy (non-hydrogen) atoms. The molecule has 0 saturated carbocycles. The van der Waals surface area contributed by atoms with Gasteiger partial charge >= 0.3 is 12.2 Å². The summed E-state index contributed by atoms with van der Waals surface area (Å²) in [6.45, 7) is 2.31. The second-order valence-corrected chi connectivity index (χ2v) is 4.76. The average Bonchev–Trinajstić information content (AvgIpc) is 2.87. The smallest absolute Gasteiger partial charge is 0.304 e. The van der Waals surface area contributed by atoms with E-state index in [0.717, 1.165) is 11.9 Å². The van der Waals surface area contributed by atoms with Crippen molar-refractivity contribution in [2.75, 3.05) is 10.6 Å². The molecule has 2 N–H and O–H groups in total. The number of nitrogens with one attached hydrogen (secondary N) is 2. The Balaban J connectivity index is 2.01. The first-order chi connectivity index (χ1) is 10.2. The van der Waals surface area contributed by atoms with E-state index in [1.807, 2.05) is 0 Å². The fourth-order valence-electron chi connectivity index (χ4n) is 1.92. The molecule has 2 rings (SSSR count). The van der Waals surface area contributed by atoms with Crippen LogP contribution in [0.4, 0.5) is 29.5 Å². The van der Waals surface area contributed by atoms with Gasteiger partial charge in [0.2, 0.25) is 0 Å². The molecule has 0 spiro atoms. The van der Waals surface area contributed by atoms with E-state index in [9.17, 15) is 18.0 Å². The number of anilines is 2. The van der Waals surface area contributed by atoms with Crippen molar-refractivity contribution in [3.05, 3.63) is 23.7 Å². The molecule has 0 aromatic carbocycles. The number of rotatable bonds is 3. The van der Waals surface area contributed by atoms with E-state index in [0.29, 0.717) is 16.1 Å². The highest BCUT2D eigenvalue weighted by Crippen LogP contribution is 2.19. The van der Waals surface area contributed by atoms with E-state index in [4.69, 9.17) is 0 Å². The molecule has 0 saturated heterocycles. The van der Waals surface area contributed by atoms with Crippen LogP contribution in [0.5, 0.6) is 0 Å². The van der Waals surface area contributed by atoms with Crippen LogP contribution in [0.25, 0.3) is 0 Å². The lowest BCUT2D eigenvalue weighted by Gasteiger charge is -2.07. The molecule has 0 bridgehead atoms. The Kier molecular flexibility index (Phi) is 4.11. The SMILES string of the molecule is Cc1nn(C)c(C)c1NC(=O)Nc1ccn(CC(F)(F)F)n1. The van der Waals surface area contributed by atoms with Crippen molar-refractivity contribution in [2.24, 2.45) is 7.05 Å². The molecule has 2 amide bonds. The normalized spacial score (nSPS) is 11.5. The quantitative estimate of drug-likeness (QED) is 0.913. The summed E-state index contributed by atoms with van der Waals surface area (Å²) in [6, 6.07) is 0.685. The largest absolute Gasteiger partial charge is 0.408 e. The zero-order valence-corrected chi connectivity index (χ0v) is 12.2. The maximum atomic E-state index is 12.2. The minimum absolute atomic E-state index is 0.0287. The topological polar surface area (TPSA) is 76.8 Å². The van der Waals surface area contributed by atoms with Gasteiger partial charge in [-0.1, -0.05) is 0 Å². The monoisotopic (exact) mass is 316 g/mol. The van der Waals surface area contributed by atoms with Crippen LogP contribution in [0.15, 0.2) is 12.3 Å². The molecule has 0 aliphatic rings. The van der Waals surface area contributed by atoms with Gasteiger partial charge in [0.25, 0.3) is 0 Å². The zero-order chi connectivity index (χ0) is 16.5. The summed E-state index contributed by atoms with van der Waals surface area (Å²) in [4.78, 5) is 11.9. The van der Waals surface area contributed by atoms with E-state index < -0.39 is 18.8 Å². The van der Waals surface area contributed by atoms with E-state index in [1.165, 1.54) is 6.07 Å². The van der Waals surface area contributed by atoms with Crippen molar-refractivity contribution in [3.63, 3.8) is 0 Å². The molecule has 7 nitrogen and oxygen atoms in total. The summed E-state index contributed by atoms with van der Waals surface area (Å²) in [5.41, 5.74) is 1.95. The average molecular weight is 316 g/mol. The fraction of sp³-hybridized carbons (Fsp3) is 0.417. The number of aryl methyl sites for hydroxylation is 2. The van der Waals surface area contributed by atoms with Gasteiger partial charge in [-0.05, 0) is 13.8 Å². The third kappa shape index (κ3) is 3.77. The highest BCUT2D eigenvalue weighted by Gasteiger charge is 2.28. The Hall–Kier alpha value is -2.52. The van der Waals surface area contributed by atoms with Crippen LogP contribution in [0, 0.1) is 13.8 Å². The van der Waals surface area contributed by atoms with Gasteiger partial charge in [0.05, 0.1) is 17.1 Å². The predicted octanol–water partition coefficient (Wildman–Crippen LogP) is 2.44. The molecule has 2 aromatic heterocycles. The number of amides is 2. The van der Waals surface area contributed by atoms with Gasteiger partial charge in [0, 0.05) is 19.3 Å². The molecule has 0 aliphatic heterocycles. The Labute approximate surface area is 124 Å². The number of aromatic nitrogens is 4. The molecule has 120 valence electrons. The summed E-state index contributed by atoms with van der Waals surface area (Å²) in [6.07, 6.45) is -3.22. The van der Waals surface area contributed by atoms with Gasteiger partial charge in [0.15, 0.2) is 5.82 Å². The Bertz CT molecular complexity index is 688. The Morgan fingerprint density at radius 3 is 2.50 bits per heavy atom. The number of halogens is 3. The molecule has 2 aromatic rings. The van der Waals surface area contributed by atoms with E-state index in [-0.39, 0.29) is 5.82 Å². The first-order valence-electron chi connectivity index (χ1n) is 6.34. The van der Waals surface area contributed by atoms with Gasteiger partial charge in [-0.25, -0.2) is 4.79 Å². The summed E-state index contributed by atoms with van der Waals surface area (Å²) in [7, 11) is 1.74. The molecule has 2 heterocycles. The van der Waals surface area contributed by atoms with Gasteiger partial charge in [0.1, 0.15) is 6.54 Å². The second kappa shape index (κ2) is 5.70. The highest BCUT2D eigenvalue weighted by atomic mass is 19.4. The number of alkyl halides is 3. The van der Waals surface area contributed by atoms with Crippen LogP contribution in [0.1, 0.15) is 11.4 Å². The van der Waals surface area contributed by atoms with Crippen molar-refractivity contribution in [2.45, 2.75) is 26.6 Å². The molecule has 0 fully saturated rings. The summed E-state index contributed by atoms with van der Waals surface area (Å²) in [5, 5.41) is 12.8. The third-order valence-corrected chi connectivity index (χ3v) is 2.97. The first kappa shape index (κ1) is 15.9. The number of carbonyl (C=O) groups is 1. The van der Waals surface area contributed by atoms with Gasteiger partial charge < -0.3 is 5.32 Å². The van der Waals surface area contributed by atoms with Crippen LogP contribution in [0.2, 0.25) is 0 Å². The number of hydrogen-bond donors (Lipinski definition) is 2. The summed E-state index contributed by atoms with van der Waals surface area (Å²) >= 11 is 0. The van der Waals surface area contributed by atoms with E-state index in [2.05, 4.69) is 20.8 Å². The van der Waals surface area contributed by atoms with Crippen molar-refractivity contribution in [1.29, 1.82) is 0 Å². The standard InChI is InChI=1S/C12H15F3N6O/c1-7-10(8(2)20(3)18-7)17-11(22)16-9-4-5-21(19-9)6-12(13,14)15/h4-5H,6H2,1-3H3,(H2,16,17,19,22). The molecular weight excluding hydrogens is 301 g/mol. The molecule has 0 atom stereocenters. The van der Waals surface area contributed by atoms with Crippen molar-refractivity contribution in [3.8, 4) is 0 Å². The van der Waals surface area contributed by atoms with Crippen LogP contribution in [-0.4, -0.2) is 31.8 Å². The molecule has 10 heteroatoms. The molecule has 0 radical (unpaired) electrons. The maximum Gasteiger partial charge on any atom is 0.408 e. The highest BCUT2D eigenvalue weighted by molar-refractivity contribution is 5.99. The van der Waals surface area contributed by atoms with E-state index in [1.54, 1.807) is 25.6 Å². The maximum absolute atomic E-state index is 12.2. The molecular formula is C12H15F3N6O. The van der Waals surface area contributed by atoms with Crippen LogP contribution in [0.3, 0.4) is 0 Å². The fourth-order valence-corrected chi connectivity index (χ4v) is 1.92. The van der Waals surface area contributed by atoms with Crippen LogP contribution >= 0.6 is 0 Å². The lowest BCUT2D eigenvalue weighted by Crippen LogP contribution is -2.21. The van der Waals surface area contributed by atoms with Crippen molar-refractivity contribution in [1.82, 2.24) is 19.6 Å². The van der Waals surface area contributed by atoms with Crippen LogP contribution < -0.4 is 10.6 Å². The minimum Gasteiger partial charge on any atom is -0.304 e. The van der Waals surface area contributed by atoms with E-state index >= 15 is 0 Å². The lowest BCUT2D eigenvalue weighted by atomic mass is 10.3. The van der Waals surface area contributed by atoms with Gasteiger partial charge in [-0.2, -0.15) is 23.4 Å². The van der Waals surface area contributed by atoms with Crippen molar-refractivity contribution < 1.29 is 18.0 Å². The van der Waals surface area contributed by atoms with Gasteiger partial charge in [-0.15, -0.1) is 0 Å². The number of nitrogens with zero attached hydrogens (tertiary/aromatic N) is 4. The zero-order valence-electron chi connectivity index (χ0n) is 12.2. The predicted molar refractivity (Wildman–Crippen MR) is 73.6 cm³/mol. The Morgan fingerprint density at radius 2 is 1.95 bits per heavy atom. The third-order valence-electron chi connectivity index (χ3n) is 2.97. The second-order valence-electron chi connectivity index (χ2n) is 4.76. The number of hydrogen-bond acceptors (Lipinski definition) is 3. The van der Waals surface area contributed by atoms with Gasteiger partial charge in [-0.3, -0.25) is 14.7 Å². The first-order valence-corrected chi connectivity index (χ1v) is 6.34. The minimum atomic E-state index is -4.37. The Morgan fingerprint density at radius 1 is 1.27 bits per heavy atom. The summed E-state index contributed by atoms with van der Waals surface area (Å²) in [5.74, 6) is 0.0287. The number of urea groups is 1. The lowest BCUT2D eigenvalue weighted by molar-refractivity contribution is -0.142. The number of carbonyl (C=O) groups excluding carboxylic acids is 1. The van der Waals surface area contributed by atoms with Crippen LogP contribution in [-0.2, 0) is 13.6 Å². The van der Waals surface area contributed by atoms with Crippen molar-refractivity contribution >= 4 is 17.5 Å². The summed E-state index contributed by atoms with van der Waals surface area (Å²) < 4.78 is 39.0. The molecule has 0 aliphatic carbocycles. The molecule has 0 unspecified atom stereocenters.